The molecule has 0 bridgehead atoms. The third-order valence-electron chi connectivity index (χ3n) is 4.78. The minimum Gasteiger partial charge on any atom is -0.369 e. The Morgan fingerprint density at radius 2 is 1.96 bits per heavy atom. The molecule has 0 atom stereocenters. The number of nitrogens with zero attached hydrogens (tertiary/aromatic N) is 3. The molecular formula is C18H17F3N6O. The number of rotatable bonds is 3. The van der Waals surface area contributed by atoms with Crippen molar-refractivity contribution in [3.05, 3.63) is 63.2 Å². The zero-order chi connectivity index (χ0) is 19.9. The summed E-state index contributed by atoms with van der Waals surface area (Å²) < 4.78 is 38.3. The second-order valence-corrected chi connectivity index (χ2v) is 6.68. The molecule has 3 aromatic rings. The van der Waals surface area contributed by atoms with Crippen LogP contribution in [-0.2, 0) is 25.7 Å². The largest absolute Gasteiger partial charge is 0.416 e. The van der Waals surface area contributed by atoms with Crippen molar-refractivity contribution in [1.82, 2.24) is 25.1 Å². The molecular weight excluding hydrogens is 373 g/mol. The second-order valence-electron chi connectivity index (χ2n) is 6.68. The molecule has 1 aliphatic rings. The summed E-state index contributed by atoms with van der Waals surface area (Å²) in [6.45, 7) is 1.59. The Bertz CT molecular complexity index is 1050. The lowest BCUT2D eigenvalue weighted by Crippen LogP contribution is -2.35. The standard InChI is InChI=1S/C18H17F3N6O/c19-18(20,21)12-3-1-10(2-4-12)15-11(7-23-26-15)8-27-6-5-14-13(9-27)16(28)25-17(22)24-14/h1-4,7H,5-6,8-9H2,(H,23,26)(H3,22,24,25,28). The lowest BCUT2D eigenvalue weighted by molar-refractivity contribution is -0.137. The molecule has 0 radical (unpaired) electrons. The fraction of sp³-hybridized carbons (Fsp3) is 0.278. The predicted octanol–water partition coefficient (Wildman–Crippen LogP) is 2.32. The number of nitrogen functional groups attached to an aromatic ring is 1. The van der Waals surface area contributed by atoms with Crippen LogP contribution in [0.4, 0.5) is 19.1 Å². The smallest absolute Gasteiger partial charge is 0.369 e. The second kappa shape index (κ2) is 6.79. The van der Waals surface area contributed by atoms with Crippen molar-refractivity contribution in [2.45, 2.75) is 25.7 Å². The van der Waals surface area contributed by atoms with Gasteiger partial charge in [-0.1, -0.05) is 12.1 Å². The number of nitrogens with two attached hydrogens (primary N) is 1. The van der Waals surface area contributed by atoms with Crippen LogP contribution in [0.15, 0.2) is 35.3 Å². The van der Waals surface area contributed by atoms with E-state index in [4.69, 9.17) is 5.73 Å². The zero-order valence-electron chi connectivity index (χ0n) is 14.7. The average molecular weight is 390 g/mol. The van der Waals surface area contributed by atoms with Gasteiger partial charge in [-0.05, 0) is 17.7 Å². The first kappa shape index (κ1) is 18.2. The summed E-state index contributed by atoms with van der Waals surface area (Å²) in [4.78, 5) is 20.9. The van der Waals surface area contributed by atoms with Crippen LogP contribution in [-0.4, -0.2) is 31.6 Å². The van der Waals surface area contributed by atoms with Gasteiger partial charge in [-0.15, -0.1) is 0 Å². The van der Waals surface area contributed by atoms with Crippen molar-refractivity contribution < 1.29 is 13.2 Å². The Hall–Kier alpha value is -3.14. The van der Waals surface area contributed by atoms with Crippen LogP contribution >= 0.6 is 0 Å². The Kier molecular flexibility index (Phi) is 4.42. The van der Waals surface area contributed by atoms with Gasteiger partial charge >= 0.3 is 6.18 Å². The van der Waals surface area contributed by atoms with Gasteiger partial charge < -0.3 is 5.73 Å². The van der Waals surface area contributed by atoms with E-state index in [2.05, 4.69) is 25.1 Å². The Morgan fingerprint density at radius 1 is 1.21 bits per heavy atom. The number of aromatic amines is 2. The van der Waals surface area contributed by atoms with Gasteiger partial charge in [0.1, 0.15) is 0 Å². The number of fused-ring (bicyclic) bond motifs is 1. The molecule has 0 amide bonds. The van der Waals surface area contributed by atoms with Crippen molar-refractivity contribution >= 4 is 5.95 Å². The van der Waals surface area contributed by atoms with E-state index in [-0.39, 0.29) is 11.5 Å². The number of nitrogens with one attached hydrogen (secondary N) is 2. The first-order valence-corrected chi connectivity index (χ1v) is 8.61. The third-order valence-corrected chi connectivity index (χ3v) is 4.78. The van der Waals surface area contributed by atoms with Gasteiger partial charge in [0.25, 0.3) is 5.56 Å². The molecule has 1 aromatic carbocycles. The van der Waals surface area contributed by atoms with Crippen molar-refractivity contribution in [3.8, 4) is 11.3 Å². The monoisotopic (exact) mass is 390 g/mol. The first-order chi connectivity index (χ1) is 13.3. The van der Waals surface area contributed by atoms with E-state index in [1.165, 1.54) is 12.1 Å². The lowest BCUT2D eigenvalue weighted by atomic mass is 10.0. The summed E-state index contributed by atoms with van der Waals surface area (Å²) in [5.74, 6) is 0.108. The summed E-state index contributed by atoms with van der Waals surface area (Å²) in [5, 5.41) is 6.89. The minimum atomic E-state index is -4.37. The molecule has 0 fully saturated rings. The van der Waals surface area contributed by atoms with E-state index in [9.17, 15) is 18.0 Å². The average Bonchev–Trinajstić information content (AvgIpc) is 3.09. The highest BCUT2D eigenvalue weighted by Crippen LogP contribution is 2.31. The number of alkyl halides is 3. The van der Waals surface area contributed by atoms with Crippen molar-refractivity contribution in [3.63, 3.8) is 0 Å². The SMILES string of the molecule is Nc1nc2c(c(=O)[nH]1)CN(Cc1cn[nH]c1-c1ccc(C(F)(F)F)cc1)CC2. The molecule has 0 aliphatic carbocycles. The number of hydrogen-bond acceptors (Lipinski definition) is 5. The number of H-pyrrole nitrogens is 2. The van der Waals surface area contributed by atoms with E-state index >= 15 is 0 Å². The van der Waals surface area contributed by atoms with E-state index in [0.717, 1.165) is 17.7 Å². The quantitative estimate of drug-likeness (QED) is 0.637. The molecule has 146 valence electrons. The molecule has 4 N–H and O–H groups in total. The maximum absolute atomic E-state index is 12.8. The van der Waals surface area contributed by atoms with Gasteiger partial charge in [0.05, 0.1) is 28.7 Å². The Morgan fingerprint density at radius 3 is 2.68 bits per heavy atom. The molecule has 1 aliphatic heterocycles. The third kappa shape index (κ3) is 3.50. The van der Waals surface area contributed by atoms with E-state index < -0.39 is 11.7 Å². The van der Waals surface area contributed by atoms with Crippen LogP contribution in [0.25, 0.3) is 11.3 Å². The topological polar surface area (TPSA) is 104 Å². The Balaban J connectivity index is 1.55. The maximum Gasteiger partial charge on any atom is 0.416 e. The number of aromatic nitrogens is 4. The summed E-state index contributed by atoms with van der Waals surface area (Å²) in [7, 11) is 0. The van der Waals surface area contributed by atoms with Crippen molar-refractivity contribution in [1.29, 1.82) is 0 Å². The van der Waals surface area contributed by atoms with Crippen LogP contribution in [0.1, 0.15) is 22.4 Å². The molecule has 3 heterocycles. The molecule has 4 rings (SSSR count). The highest BCUT2D eigenvalue weighted by molar-refractivity contribution is 5.63. The van der Waals surface area contributed by atoms with Gasteiger partial charge in [-0.2, -0.15) is 18.3 Å². The first-order valence-electron chi connectivity index (χ1n) is 8.61. The fourth-order valence-electron chi connectivity index (χ4n) is 3.38. The van der Waals surface area contributed by atoms with E-state index in [1.807, 2.05) is 0 Å². The minimum absolute atomic E-state index is 0.108. The van der Waals surface area contributed by atoms with Crippen LogP contribution < -0.4 is 11.3 Å². The molecule has 0 saturated carbocycles. The molecule has 2 aromatic heterocycles. The van der Waals surface area contributed by atoms with Crippen LogP contribution in [0.2, 0.25) is 0 Å². The van der Waals surface area contributed by atoms with Crippen LogP contribution in [0.3, 0.4) is 0 Å². The molecule has 7 nitrogen and oxygen atoms in total. The van der Waals surface area contributed by atoms with Gasteiger partial charge in [0, 0.05) is 31.6 Å². The summed E-state index contributed by atoms with van der Waals surface area (Å²) in [6.07, 6.45) is -2.13. The predicted molar refractivity (Wildman–Crippen MR) is 96.1 cm³/mol. The maximum atomic E-state index is 12.8. The highest BCUT2D eigenvalue weighted by Gasteiger charge is 2.30. The number of benzene rings is 1. The lowest BCUT2D eigenvalue weighted by Gasteiger charge is -2.27. The number of hydrogen-bond donors (Lipinski definition) is 3. The van der Waals surface area contributed by atoms with E-state index in [0.29, 0.717) is 48.6 Å². The molecule has 0 spiro atoms. The molecule has 10 heteroatoms. The van der Waals surface area contributed by atoms with Crippen LogP contribution in [0.5, 0.6) is 0 Å². The van der Waals surface area contributed by atoms with Crippen molar-refractivity contribution in [2.24, 2.45) is 0 Å². The molecule has 0 unspecified atom stereocenters. The van der Waals surface area contributed by atoms with Crippen LogP contribution in [0, 0.1) is 0 Å². The normalized spacial score (nSPS) is 14.8. The zero-order valence-corrected chi connectivity index (χ0v) is 14.7. The van der Waals surface area contributed by atoms with E-state index in [1.54, 1.807) is 6.20 Å². The molecule has 0 saturated heterocycles. The van der Waals surface area contributed by atoms with Gasteiger partial charge in [-0.25, -0.2) is 4.98 Å². The Labute approximate surface area is 157 Å². The highest BCUT2D eigenvalue weighted by atomic mass is 19.4. The number of halogens is 3. The molecule has 28 heavy (non-hydrogen) atoms. The van der Waals surface area contributed by atoms with Gasteiger partial charge in [0.2, 0.25) is 5.95 Å². The fourth-order valence-corrected chi connectivity index (χ4v) is 3.38. The summed E-state index contributed by atoms with van der Waals surface area (Å²) in [6, 6.07) is 4.94. The van der Waals surface area contributed by atoms with Crippen molar-refractivity contribution in [2.75, 3.05) is 12.3 Å². The van der Waals surface area contributed by atoms with Gasteiger partial charge in [0.15, 0.2) is 0 Å². The number of anilines is 1. The summed E-state index contributed by atoms with van der Waals surface area (Å²) >= 11 is 0. The van der Waals surface area contributed by atoms with Gasteiger partial charge in [-0.3, -0.25) is 19.8 Å². The summed E-state index contributed by atoms with van der Waals surface area (Å²) in [5.41, 5.74) is 8.03.